The van der Waals surface area contributed by atoms with E-state index in [9.17, 15) is 4.79 Å². The Labute approximate surface area is 154 Å². The Kier molecular flexibility index (Phi) is 4.22. The number of hydrogen-bond acceptors (Lipinski definition) is 2. The second kappa shape index (κ2) is 5.94. The second-order valence-corrected chi connectivity index (χ2v) is 10.3. The zero-order valence-corrected chi connectivity index (χ0v) is 17.0. The molecule has 0 N–H and O–H groups in total. The quantitative estimate of drug-likeness (QED) is 0.618. The summed E-state index contributed by atoms with van der Waals surface area (Å²) in [4.78, 5) is 15.1. The number of Topliss-reactive ketones (excluding diaryl/α,β-unsaturated/α-hetero) is 1. The molecular formula is C23H37NO. The zero-order valence-electron chi connectivity index (χ0n) is 17.0. The van der Waals surface area contributed by atoms with Gasteiger partial charge >= 0.3 is 0 Å². The van der Waals surface area contributed by atoms with Gasteiger partial charge in [0.1, 0.15) is 0 Å². The molecule has 4 aliphatic carbocycles. The maximum absolute atomic E-state index is 12.7. The molecule has 0 aromatic rings. The summed E-state index contributed by atoms with van der Waals surface area (Å²) < 4.78 is 0. The van der Waals surface area contributed by atoms with Crippen LogP contribution in [-0.4, -0.2) is 30.8 Å². The van der Waals surface area contributed by atoms with Gasteiger partial charge in [0.2, 0.25) is 0 Å². The van der Waals surface area contributed by atoms with Crippen molar-refractivity contribution in [2.75, 3.05) is 14.1 Å². The minimum atomic E-state index is 0.178. The lowest BCUT2D eigenvalue weighted by Crippen LogP contribution is -2.54. The minimum absolute atomic E-state index is 0.178. The smallest absolute Gasteiger partial charge is 0.159 e. The normalized spacial score (nSPS) is 51.4. The summed E-state index contributed by atoms with van der Waals surface area (Å²) in [6, 6.07) is 0.783. The van der Waals surface area contributed by atoms with Crippen LogP contribution in [0.2, 0.25) is 0 Å². The number of fused-ring (bicyclic) bond motifs is 5. The molecule has 0 aromatic carbocycles. The lowest BCUT2D eigenvalue weighted by molar-refractivity contribution is -0.117. The van der Waals surface area contributed by atoms with E-state index < -0.39 is 0 Å². The molecular weight excluding hydrogens is 306 g/mol. The maximum Gasteiger partial charge on any atom is 0.159 e. The Balaban J connectivity index is 1.61. The standard InChI is InChI=1S/C23H37NO/c1-6-18-21(25)14-20-17-8-7-15-13-16(24(4)5)9-11-22(15,2)19(17)10-12-23(18,20)3/h6,15-17,19-20H,7-14H2,1-5H3/b18-6-. The maximum atomic E-state index is 12.7. The molecule has 0 radical (unpaired) electrons. The Morgan fingerprint density at radius 3 is 2.48 bits per heavy atom. The van der Waals surface area contributed by atoms with E-state index in [2.05, 4.69) is 45.8 Å². The van der Waals surface area contributed by atoms with Gasteiger partial charge in [-0.3, -0.25) is 4.79 Å². The van der Waals surface area contributed by atoms with E-state index >= 15 is 0 Å². The van der Waals surface area contributed by atoms with Crippen LogP contribution in [0.3, 0.4) is 0 Å². The number of rotatable bonds is 1. The van der Waals surface area contributed by atoms with Gasteiger partial charge in [-0.15, -0.1) is 0 Å². The molecule has 0 saturated heterocycles. The highest BCUT2D eigenvalue weighted by Crippen LogP contribution is 2.66. The van der Waals surface area contributed by atoms with Crippen LogP contribution < -0.4 is 0 Å². The van der Waals surface area contributed by atoms with Gasteiger partial charge in [-0.25, -0.2) is 0 Å². The topological polar surface area (TPSA) is 20.3 Å². The molecule has 0 aliphatic heterocycles. The third kappa shape index (κ3) is 2.42. The molecule has 4 rings (SSSR count). The van der Waals surface area contributed by atoms with Crippen molar-refractivity contribution in [2.24, 2.45) is 34.5 Å². The molecule has 4 saturated carbocycles. The SMILES string of the molecule is C/C=C1/C(=O)CC2C3CCC4CC(N(C)C)CCC4(C)C3CCC12C. The van der Waals surface area contributed by atoms with Crippen molar-refractivity contribution in [3.63, 3.8) is 0 Å². The fraction of sp³-hybridized carbons (Fsp3) is 0.870. The molecule has 0 spiro atoms. The van der Waals surface area contributed by atoms with Crippen molar-refractivity contribution in [3.8, 4) is 0 Å². The third-order valence-corrected chi connectivity index (χ3v) is 9.37. The van der Waals surface area contributed by atoms with E-state index in [1.54, 1.807) is 0 Å². The number of carbonyl (C=O) groups is 1. The van der Waals surface area contributed by atoms with Crippen LogP contribution in [0.25, 0.3) is 0 Å². The molecule has 0 bridgehead atoms. The van der Waals surface area contributed by atoms with Gasteiger partial charge < -0.3 is 4.90 Å². The molecule has 2 heteroatoms. The molecule has 7 unspecified atom stereocenters. The van der Waals surface area contributed by atoms with E-state index in [1.807, 2.05) is 0 Å². The van der Waals surface area contributed by atoms with Gasteiger partial charge in [0.05, 0.1) is 0 Å². The fourth-order valence-electron chi connectivity index (χ4n) is 7.85. The Morgan fingerprint density at radius 2 is 1.80 bits per heavy atom. The van der Waals surface area contributed by atoms with Gasteiger partial charge in [-0.2, -0.15) is 0 Å². The van der Waals surface area contributed by atoms with E-state index in [-0.39, 0.29) is 5.41 Å². The van der Waals surface area contributed by atoms with Crippen LogP contribution >= 0.6 is 0 Å². The number of allylic oxidation sites excluding steroid dienone is 2. The van der Waals surface area contributed by atoms with Crippen LogP contribution in [0.15, 0.2) is 11.6 Å². The zero-order chi connectivity index (χ0) is 18.0. The molecule has 25 heavy (non-hydrogen) atoms. The van der Waals surface area contributed by atoms with E-state index in [0.29, 0.717) is 17.1 Å². The van der Waals surface area contributed by atoms with Crippen LogP contribution in [-0.2, 0) is 4.79 Å². The first-order chi connectivity index (χ1) is 11.8. The first-order valence-corrected chi connectivity index (χ1v) is 10.7. The summed E-state index contributed by atoms with van der Waals surface area (Å²) in [5, 5.41) is 0. The van der Waals surface area contributed by atoms with E-state index in [4.69, 9.17) is 0 Å². The number of ketones is 1. The Bertz CT molecular complexity index is 593. The molecule has 0 amide bonds. The highest BCUT2D eigenvalue weighted by Gasteiger charge is 2.60. The lowest BCUT2D eigenvalue weighted by Gasteiger charge is -2.61. The predicted octanol–water partition coefficient (Wildman–Crippen LogP) is 5.08. The fourth-order valence-corrected chi connectivity index (χ4v) is 7.85. The average molecular weight is 344 g/mol. The van der Waals surface area contributed by atoms with Gasteiger partial charge in [0.15, 0.2) is 5.78 Å². The van der Waals surface area contributed by atoms with E-state index in [0.717, 1.165) is 30.2 Å². The van der Waals surface area contributed by atoms with Crippen molar-refractivity contribution in [1.29, 1.82) is 0 Å². The molecule has 7 atom stereocenters. The van der Waals surface area contributed by atoms with E-state index in [1.165, 1.54) is 50.5 Å². The summed E-state index contributed by atoms with van der Waals surface area (Å²) in [6.07, 6.45) is 12.5. The molecule has 4 fully saturated rings. The van der Waals surface area contributed by atoms with Crippen molar-refractivity contribution >= 4 is 5.78 Å². The number of nitrogens with zero attached hydrogens (tertiary/aromatic N) is 1. The van der Waals surface area contributed by atoms with Crippen molar-refractivity contribution in [2.45, 2.75) is 78.2 Å². The highest BCUT2D eigenvalue weighted by molar-refractivity contribution is 5.99. The summed E-state index contributed by atoms with van der Waals surface area (Å²) >= 11 is 0. The van der Waals surface area contributed by atoms with Crippen molar-refractivity contribution in [1.82, 2.24) is 4.90 Å². The van der Waals surface area contributed by atoms with Gasteiger partial charge in [0.25, 0.3) is 0 Å². The summed E-state index contributed by atoms with van der Waals surface area (Å²) in [5.41, 5.74) is 1.87. The van der Waals surface area contributed by atoms with Crippen molar-refractivity contribution in [3.05, 3.63) is 11.6 Å². The monoisotopic (exact) mass is 343 g/mol. The largest absolute Gasteiger partial charge is 0.306 e. The molecule has 0 heterocycles. The number of hydrogen-bond donors (Lipinski definition) is 0. The van der Waals surface area contributed by atoms with Crippen LogP contribution in [0, 0.1) is 34.5 Å². The Hall–Kier alpha value is -0.630. The van der Waals surface area contributed by atoms with Gasteiger partial charge in [-0.1, -0.05) is 19.9 Å². The number of carbonyl (C=O) groups excluding carboxylic acids is 1. The third-order valence-electron chi connectivity index (χ3n) is 9.37. The highest BCUT2D eigenvalue weighted by atomic mass is 16.1. The Morgan fingerprint density at radius 1 is 1.04 bits per heavy atom. The molecule has 0 aromatic heterocycles. The second-order valence-electron chi connectivity index (χ2n) is 10.3. The molecule has 2 nitrogen and oxygen atoms in total. The summed E-state index contributed by atoms with van der Waals surface area (Å²) in [5.74, 6) is 3.62. The molecule has 140 valence electrons. The average Bonchev–Trinajstić information content (AvgIpc) is 2.83. The molecule has 4 aliphatic rings. The first kappa shape index (κ1) is 17.8. The van der Waals surface area contributed by atoms with Crippen molar-refractivity contribution < 1.29 is 4.79 Å². The minimum Gasteiger partial charge on any atom is -0.306 e. The summed E-state index contributed by atoms with van der Waals surface area (Å²) in [7, 11) is 4.52. The van der Waals surface area contributed by atoms with Gasteiger partial charge in [-0.05, 0) is 106 Å². The lowest BCUT2D eigenvalue weighted by atomic mass is 9.45. The van der Waals surface area contributed by atoms with Crippen LogP contribution in [0.5, 0.6) is 0 Å². The predicted molar refractivity (Wildman–Crippen MR) is 103 cm³/mol. The first-order valence-electron chi connectivity index (χ1n) is 10.7. The van der Waals surface area contributed by atoms with Crippen LogP contribution in [0.4, 0.5) is 0 Å². The summed E-state index contributed by atoms with van der Waals surface area (Å²) in [6.45, 7) is 7.11. The van der Waals surface area contributed by atoms with Gasteiger partial charge in [0, 0.05) is 12.5 Å². The van der Waals surface area contributed by atoms with Crippen LogP contribution in [0.1, 0.15) is 72.1 Å².